The zero-order chi connectivity index (χ0) is 14.3. The zero-order valence-electron chi connectivity index (χ0n) is 10.7. The Labute approximate surface area is 117 Å². The second-order valence-electron chi connectivity index (χ2n) is 3.95. The van der Waals surface area contributed by atoms with Gasteiger partial charge in [0.05, 0.1) is 6.42 Å². The van der Waals surface area contributed by atoms with Gasteiger partial charge in [0.25, 0.3) is 0 Å². The number of nitrogens with zero attached hydrogens (tertiary/aromatic N) is 1. The Morgan fingerprint density at radius 2 is 2.16 bits per heavy atom. The third kappa shape index (κ3) is 5.57. The summed E-state index contributed by atoms with van der Waals surface area (Å²) < 4.78 is 0. The molecule has 0 unspecified atom stereocenters. The molecule has 0 fully saturated rings. The van der Waals surface area contributed by atoms with E-state index in [-0.39, 0.29) is 18.9 Å². The molecule has 0 aliphatic carbocycles. The van der Waals surface area contributed by atoms with Crippen molar-refractivity contribution in [2.75, 3.05) is 13.1 Å². The van der Waals surface area contributed by atoms with Gasteiger partial charge in [-0.25, -0.2) is 0 Å². The number of carboxylic acids is 1. The number of carbonyl (C=O) groups excluding carboxylic acids is 1. The summed E-state index contributed by atoms with van der Waals surface area (Å²) in [5.74, 6) is -1.12. The third-order valence-corrected chi connectivity index (χ3v) is 2.79. The first-order chi connectivity index (χ1) is 9.02. The van der Waals surface area contributed by atoms with Crippen LogP contribution in [0.25, 0.3) is 6.08 Å². The number of benzene rings is 1. The standard InChI is InChI=1S/C14H16ClNO3/c1-2-16(9-8-14(18)19)13(17)7-6-11-4-3-5-12(15)10-11/h3-7,10H,2,8-9H2,1H3,(H,18,19)/b7-6+. The Kier molecular flexibility index (Phi) is 6.09. The summed E-state index contributed by atoms with van der Waals surface area (Å²) in [6.45, 7) is 2.50. The van der Waals surface area contributed by atoms with Crippen LogP contribution in [0.15, 0.2) is 30.3 Å². The fraction of sp³-hybridized carbons (Fsp3) is 0.286. The topological polar surface area (TPSA) is 57.6 Å². The molecule has 1 N–H and O–H groups in total. The molecule has 1 aromatic rings. The molecule has 1 aromatic carbocycles. The minimum Gasteiger partial charge on any atom is -0.481 e. The molecule has 5 heteroatoms. The summed E-state index contributed by atoms with van der Waals surface area (Å²) in [6.07, 6.45) is 3.04. The normalized spacial score (nSPS) is 10.6. The van der Waals surface area contributed by atoms with Crippen molar-refractivity contribution in [1.82, 2.24) is 4.90 Å². The number of likely N-dealkylation sites (N-methyl/N-ethyl adjacent to an activating group) is 1. The van der Waals surface area contributed by atoms with Crippen LogP contribution < -0.4 is 0 Å². The van der Waals surface area contributed by atoms with Gasteiger partial charge in [0.2, 0.25) is 5.91 Å². The SMILES string of the molecule is CCN(CCC(=O)O)C(=O)/C=C/c1cccc(Cl)c1. The van der Waals surface area contributed by atoms with Crippen molar-refractivity contribution in [2.24, 2.45) is 0 Å². The summed E-state index contributed by atoms with van der Waals surface area (Å²) in [6, 6.07) is 7.14. The van der Waals surface area contributed by atoms with E-state index >= 15 is 0 Å². The Morgan fingerprint density at radius 1 is 1.42 bits per heavy atom. The van der Waals surface area contributed by atoms with Gasteiger partial charge in [-0.05, 0) is 30.7 Å². The molecule has 4 nitrogen and oxygen atoms in total. The largest absolute Gasteiger partial charge is 0.481 e. The predicted octanol–water partition coefficient (Wildman–Crippen LogP) is 2.68. The summed E-state index contributed by atoms with van der Waals surface area (Å²) >= 11 is 5.84. The van der Waals surface area contributed by atoms with E-state index in [0.29, 0.717) is 11.6 Å². The Morgan fingerprint density at radius 3 is 2.74 bits per heavy atom. The molecule has 0 saturated heterocycles. The van der Waals surface area contributed by atoms with Crippen LogP contribution in [0, 0.1) is 0 Å². The van der Waals surface area contributed by atoms with Crippen LogP contribution in [0.2, 0.25) is 5.02 Å². The molecule has 102 valence electrons. The van der Waals surface area contributed by atoms with E-state index < -0.39 is 5.97 Å². The van der Waals surface area contributed by atoms with E-state index in [4.69, 9.17) is 16.7 Å². The third-order valence-electron chi connectivity index (χ3n) is 2.56. The number of rotatable bonds is 6. The van der Waals surface area contributed by atoms with E-state index in [1.807, 2.05) is 13.0 Å². The maximum Gasteiger partial charge on any atom is 0.305 e. The predicted molar refractivity (Wildman–Crippen MR) is 75.0 cm³/mol. The monoisotopic (exact) mass is 281 g/mol. The first-order valence-corrected chi connectivity index (χ1v) is 6.35. The smallest absolute Gasteiger partial charge is 0.305 e. The van der Waals surface area contributed by atoms with E-state index in [9.17, 15) is 9.59 Å². The van der Waals surface area contributed by atoms with Crippen molar-refractivity contribution in [1.29, 1.82) is 0 Å². The van der Waals surface area contributed by atoms with Crippen molar-refractivity contribution in [3.8, 4) is 0 Å². The van der Waals surface area contributed by atoms with Gasteiger partial charge in [-0.15, -0.1) is 0 Å². The van der Waals surface area contributed by atoms with Crippen LogP contribution in [0.4, 0.5) is 0 Å². The molecule has 1 rings (SSSR count). The van der Waals surface area contributed by atoms with Crippen molar-refractivity contribution in [3.05, 3.63) is 40.9 Å². The Hall–Kier alpha value is -1.81. The maximum atomic E-state index is 11.9. The van der Waals surface area contributed by atoms with Gasteiger partial charge in [-0.1, -0.05) is 23.7 Å². The highest BCUT2D eigenvalue weighted by molar-refractivity contribution is 6.30. The fourth-order valence-electron chi connectivity index (χ4n) is 1.54. The molecule has 0 aliphatic rings. The summed E-state index contributed by atoms with van der Waals surface area (Å²) in [5.41, 5.74) is 0.829. The lowest BCUT2D eigenvalue weighted by molar-refractivity contribution is -0.137. The van der Waals surface area contributed by atoms with Crippen LogP contribution in [0.3, 0.4) is 0 Å². The van der Waals surface area contributed by atoms with E-state index in [2.05, 4.69) is 0 Å². The lowest BCUT2D eigenvalue weighted by Gasteiger charge is -2.17. The van der Waals surface area contributed by atoms with Gasteiger partial charge in [-0.2, -0.15) is 0 Å². The van der Waals surface area contributed by atoms with Gasteiger partial charge >= 0.3 is 5.97 Å². The highest BCUT2D eigenvalue weighted by atomic mass is 35.5. The van der Waals surface area contributed by atoms with Crippen molar-refractivity contribution in [2.45, 2.75) is 13.3 Å². The van der Waals surface area contributed by atoms with Gasteiger partial charge in [0, 0.05) is 24.2 Å². The van der Waals surface area contributed by atoms with Gasteiger partial charge < -0.3 is 10.0 Å². The van der Waals surface area contributed by atoms with E-state index in [0.717, 1.165) is 5.56 Å². The molecule has 0 atom stereocenters. The van der Waals surface area contributed by atoms with Gasteiger partial charge in [-0.3, -0.25) is 9.59 Å². The number of carboxylic acid groups (broad SMARTS) is 1. The van der Waals surface area contributed by atoms with E-state index in [1.165, 1.54) is 11.0 Å². The van der Waals surface area contributed by atoms with Crippen molar-refractivity contribution in [3.63, 3.8) is 0 Å². The van der Waals surface area contributed by atoms with E-state index in [1.54, 1.807) is 24.3 Å². The number of amides is 1. The molecule has 0 heterocycles. The fourth-order valence-corrected chi connectivity index (χ4v) is 1.74. The molecule has 0 saturated carbocycles. The molecular weight excluding hydrogens is 266 g/mol. The van der Waals surface area contributed by atoms with Crippen molar-refractivity contribution >= 4 is 29.6 Å². The first-order valence-electron chi connectivity index (χ1n) is 5.97. The zero-order valence-corrected chi connectivity index (χ0v) is 11.4. The number of aliphatic carboxylic acids is 1. The second-order valence-corrected chi connectivity index (χ2v) is 4.39. The number of hydrogen-bond donors (Lipinski definition) is 1. The highest BCUT2D eigenvalue weighted by Gasteiger charge is 2.09. The summed E-state index contributed by atoms with van der Waals surface area (Å²) in [4.78, 5) is 23.8. The number of hydrogen-bond acceptors (Lipinski definition) is 2. The van der Waals surface area contributed by atoms with Crippen LogP contribution >= 0.6 is 11.6 Å². The van der Waals surface area contributed by atoms with Crippen LogP contribution in [-0.2, 0) is 9.59 Å². The van der Waals surface area contributed by atoms with Crippen LogP contribution in [0.1, 0.15) is 18.9 Å². The average molecular weight is 282 g/mol. The molecule has 0 spiro atoms. The molecule has 0 aromatic heterocycles. The average Bonchev–Trinajstić information content (AvgIpc) is 2.37. The van der Waals surface area contributed by atoms with Crippen molar-refractivity contribution < 1.29 is 14.7 Å². The quantitative estimate of drug-likeness (QED) is 0.816. The lowest BCUT2D eigenvalue weighted by atomic mass is 10.2. The minimum absolute atomic E-state index is 0.0510. The van der Waals surface area contributed by atoms with Crippen LogP contribution in [-0.4, -0.2) is 35.0 Å². The molecule has 0 bridgehead atoms. The number of halogens is 1. The Balaban J connectivity index is 2.63. The summed E-state index contributed by atoms with van der Waals surface area (Å²) in [7, 11) is 0. The molecule has 0 radical (unpaired) electrons. The molecule has 0 aliphatic heterocycles. The molecule has 19 heavy (non-hydrogen) atoms. The number of carbonyl (C=O) groups is 2. The Bertz CT molecular complexity index is 485. The highest BCUT2D eigenvalue weighted by Crippen LogP contribution is 2.12. The molecule has 1 amide bonds. The minimum atomic E-state index is -0.912. The van der Waals surface area contributed by atoms with Gasteiger partial charge in [0.1, 0.15) is 0 Å². The summed E-state index contributed by atoms with van der Waals surface area (Å²) in [5, 5.41) is 9.21. The van der Waals surface area contributed by atoms with Gasteiger partial charge in [0.15, 0.2) is 0 Å². The first kappa shape index (κ1) is 15.2. The second kappa shape index (κ2) is 7.59. The lowest BCUT2D eigenvalue weighted by Crippen LogP contribution is -2.31. The maximum absolute atomic E-state index is 11.9. The molecular formula is C14H16ClNO3. The van der Waals surface area contributed by atoms with Crippen LogP contribution in [0.5, 0.6) is 0 Å².